The number of nitrogens with zero attached hydrogens (tertiary/aromatic N) is 1. The molecule has 2 atom stereocenters. The lowest BCUT2D eigenvalue weighted by Gasteiger charge is -2.24. The molecule has 1 aromatic carbocycles. The zero-order chi connectivity index (χ0) is 19.4. The van der Waals surface area contributed by atoms with Gasteiger partial charge in [-0.05, 0) is 38.8 Å². The summed E-state index contributed by atoms with van der Waals surface area (Å²) < 4.78 is 5.36. The van der Waals surface area contributed by atoms with Crippen molar-refractivity contribution >= 4 is 23.5 Å². The monoisotopic (exact) mass is 372 g/mol. The minimum Gasteiger partial charge on any atom is -0.452 e. The van der Waals surface area contributed by atoms with Gasteiger partial charge in [0.15, 0.2) is 6.10 Å². The smallest absolute Gasteiger partial charge is 0.312 e. The molecule has 0 aromatic heterocycles. The Morgan fingerprint density at radius 3 is 2.48 bits per heavy atom. The maximum absolute atomic E-state index is 12.4. The van der Waals surface area contributed by atoms with E-state index >= 15 is 0 Å². The van der Waals surface area contributed by atoms with E-state index < -0.39 is 18.0 Å². The van der Waals surface area contributed by atoms with Crippen LogP contribution in [-0.2, 0) is 19.1 Å². The van der Waals surface area contributed by atoms with Gasteiger partial charge < -0.3 is 15.0 Å². The summed E-state index contributed by atoms with van der Waals surface area (Å²) >= 11 is 0. The number of carbonyl (C=O) groups excluding carboxylic acids is 3. The first-order chi connectivity index (χ1) is 12.9. The maximum atomic E-state index is 12.4. The fraction of sp³-hybridized carbons (Fsp3) is 0.571. The van der Waals surface area contributed by atoms with Gasteiger partial charge in [-0.25, -0.2) is 0 Å². The van der Waals surface area contributed by atoms with Crippen molar-refractivity contribution < 1.29 is 19.1 Å². The van der Waals surface area contributed by atoms with E-state index in [1.54, 1.807) is 11.8 Å². The standard InChI is InChI=1S/C21H28N2O4/c1-14-8-10-18(11-9-14)23-13-16(12-19(23)24)21(26)27-15(2)20(25)22-17-6-4-3-5-7-17/h8-11,15-17H,3-7,12-13H2,1-2H3,(H,22,25)/t15-,16-/m0/s1. The molecule has 27 heavy (non-hydrogen) atoms. The van der Waals surface area contributed by atoms with Gasteiger partial charge in [0.25, 0.3) is 5.91 Å². The van der Waals surface area contributed by atoms with E-state index in [1.807, 2.05) is 31.2 Å². The van der Waals surface area contributed by atoms with Gasteiger partial charge in [-0.2, -0.15) is 0 Å². The van der Waals surface area contributed by atoms with E-state index in [4.69, 9.17) is 4.74 Å². The van der Waals surface area contributed by atoms with Crippen LogP contribution in [0.25, 0.3) is 0 Å². The molecule has 1 N–H and O–H groups in total. The quantitative estimate of drug-likeness (QED) is 0.807. The van der Waals surface area contributed by atoms with Crippen molar-refractivity contribution in [2.75, 3.05) is 11.4 Å². The minimum absolute atomic E-state index is 0.0971. The lowest BCUT2D eigenvalue weighted by atomic mass is 9.95. The van der Waals surface area contributed by atoms with Gasteiger partial charge in [0.05, 0.1) is 5.92 Å². The van der Waals surface area contributed by atoms with Crippen molar-refractivity contribution in [3.05, 3.63) is 29.8 Å². The van der Waals surface area contributed by atoms with Gasteiger partial charge in [-0.15, -0.1) is 0 Å². The highest BCUT2D eigenvalue weighted by Gasteiger charge is 2.37. The summed E-state index contributed by atoms with van der Waals surface area (Å²) in [5.74, 6) is -1.37. The topological polar surface area (TPSA) is 75.7 Å². The van der Waals surface area contributed by atoms with Crippen LogP contribution in [0, 0.1) is 12.8 Å². The number of esters is 1. The van der Waals surface area contributed by atoms with Crippen LogP contribution in [-0.4, -0.2) is 36.5 Å². The van der Waals surface area contributed by atoms with Gasteiger partial charge in [-0.1, -0.05) is 37.0 Å². The highest BCUT2D eigenvalue weighted by atomic mass is 16.5. The fourth-order valence-corrected chi connectivity index (χ4v) is 3.73. The second-order valence-electron chi connectivity index (χ2n) is 7.66. The predicted octanol–water partition coefficient (Wildman–Crippen LogP) is 2.73. The molecule has 0 radical (unpaired) electrons. The average molecular weight is 372 g/mol. The number of ether oxygens (including phenoxy) is 1. The number of hydrogen-bond acceptors (Lipinski definition) is 4. The summed E-state index contributed by atoms with van der Waals surface area (Å²) in [6, 6.07) is 7.80. The third-order valence-electron chi connectivity index (χ3n) is 5.42. The van der Waals surface area contributed by atoms with Crippen molar-refractivity contribution in [2.45, 2.75) is 64.5 Å². The molecule has 0 spiro atoms. The van der Waals surface area contributed by atoms with Gasteiger partial charge in [0, 0.05) is 24.7 Å². The Labute approximate surface area is 160 Å². The molecule has 1 heterocycles. The Morgan fingerprint density at radius 1 is 1.15 bits per heavy atom. The Kier molecular flexibility index (Phi) is 6.14. The SMILES string of the molecule is Cc1ccc(N2C[C@@H](C(=O)O[C@@H](C)C(=O)NC3CCCCC3)CC2=O)cc1. The number of aryl methyl sites for hydroxylation is 1. The van der Waals surface area contributed by atoms with E-state index in [-0.39, 0.29) is 30.8 Å². The Morgan fingerprint density at radius 2 is 1.81 bits per heavy atom. The van der Waals surface area contributed by atoms with Crippen LogP contribution in [0.1, 0.15) is 51.0 Å². The molecular formula is C21H28N2O4. The molecule has 1 aromatic rings. The Balaban J connectivity index is 1.52. The van der Waals surface area contributed by atoms with E-state index in [0.29, 0.717) is 0 Å². The highest BCUT2D eigenvalue weighted by Crippen LogP contribution is 2.26. The van der Waals surface area contributed by atoms with Crippen LogP contribution in [0.2, 0.25) is 0 Å². The summed E-state index contributed by atoms with van der Waals surface area (Å²) in [6.45, 7) is 3.86. The summed E-state index contributed by atoms with van der Waals surface area (Å²) in [7, 11) is 0. The summed E-state index contributed by atoms with van der Waals surface area (Å²) in [6.07, 6.45) is 4.69. The van der Waals surface area contributed by atoms with Crippen molar-refractivity contribution in [2.24, 2.45) is 5.92 Å². The average Bonchev–Trinajstić information content (AvgIpc) is 3.05. The molecule has 2 aliphatic rings. The zero-order valence-corrected chi connectivity index (χ0v) is 16.1. The van der Waals surface area contributed by atoms with E-state index in [0.717, 1.165) is 36.9 Å². The van der Waals surface area contributed by atoms with E-state index in [9.17, 15) is 14.4 Å². The molecule has 6 heteroatoms. The molecule has 1 aliphatic heterocycles. The van der Waals surface area contributed by atoms with Crippen LogP contribution in [0.5, 0.6) is 0 Å². The first-order valence-electron chi connectivity index (χ1n) is 9.82. The lowest BCUT2D eigenvalue weighted by molar-refractivity contribution is -0.158. The molecule has 146 valence electrons. The molecule has 2 fully saturated rings. The Bertz CT molecular complexity index is 695. The molecule has 1 aliphatic carbocycles. The number of amides is 2. The van der Waals surface area contributed by atoms with Crippen LogP contribution in [0.4, 0.5) is 5.69 Å². The molecule has 0 unspecified atom stereocenters. The second-order valence-corrected chi connectivity index (χ2v) is 7.66. The number of nitrogens with one attached hydrogen (secondary N) is 1. The number of rotatable bonds is 5. The number of anilines is 1. The Hall–Kier alpha value is -2.37. The number of hydrogen-bond donors (Lipinski definition) is 1. The summed E-state index contributed by atoms with van der Waals surface area (Å²) in [4.78, 5) is 38.6. The molecule has 1 saturated heterocycles. The van der Waals surface area contributed by atoms with Crippen LogP contribution < -0.4 is 10.2 Å². The summed E-state index contributed by atoms with van der Waals surface area (Å²) in [5.41, 5.74) is 1.89. The van der Waals surface area contributed by atoms with Crippen LogP contribution >= 0.6 is 0 Å². The van der Waals surface area contributed by atoms with Gasteiger partial charge in [-0.3, -0.25) is 14.4 Å². The summed E-state index contributed by atoms with van der Waals surface area (Å²) in [5, 5.41) is 2.97. The largest absolute Gasteiger partial charge is 0.452 e. The number of benzene rings is 1. The molecule has 0 bridgehead atoms. The van der Waals surface area contributed by atoms with Gasteiger partial charge in [0.1, 0.15) is 0 Å². The van der Waals surface area contributed by atoms with Gasteiger partial charge in [0.2, 0.25) is 5.91 Å². The molecule has 3 rings (SSSR count). The zero-order valence-electron chi connectivity index (χ0n) is 16.1. The first kappa shape index (κ1) is 19.4. The lowest BCUT2D eigenvalue weighted by Crippen LogP contribution is -2.43. The predicted molar refractivity (Wildman–Crippen MR) is 102 cm³/mol. The van der Waals surface area contributed by atoms with E-state index in [1.165, 1.54) is 6.42 Å². The van der Waals surface area contributed by atoms with Crippen molar-refractivity contribution in [1.82, 2.24) is 5.32 Å². The maximum Gasteiger partial charge on any atom is 0.312 e. The van der Waals surface area contributed by atoms with E-state index in [2.05, 4.69) is 5.32 Å². The third-order valence-corrected chi connectivity index (χ3v) is 5.42. The first-order valence-corrected chi connectivity index (χ1v) is 9.82. The van der Waals surface area contributed by atoms with Crippen LogP contribution in [0.3, 0.4) is 0 Å². The third kappa shape index (κ3) is 4.87. The molecular weight excluding hydrogens is 344 g/mol. The highest BCUT2D eigenvalue weighted by molar-refractivity contribution is 5.99. The molecule has 6 nitrogen and oxygen atoms in total. The van der Waals surface area contributed by atoms with Crippen molar-refractivity contribution in [1.29, 1.82) is 0 Å². The normalized spacial score (nSPS) is 21.8. The van der Waals surface area contributed by atoms with Crippen LogP contribution in [0.15, 0.2) is 24.3 Å². The molecule has 1 saturated carbocycles. The van der Waals surface area contributed by atoms with Crippen molar-refractivity contribution in [3.8, 4) is 0 Å². The minimum atomic E-state index is -0.844. The number of carbonyl (C=O) groups is 3. The van der Waals surface area contributed by atoms with Gasteiger partial charge >= 0.3 is 5.97 Å². The second kappa shape index (κ2) is 8.55. The molecule has 2 amide bonds. The fourth-order valence-electron chi connectivity index (χ4n) is 3.73. The van der Waals surface area contributed by atoms with Crippen molar-refractivity contribution in [3.63, 3.8) is 0 Å².